The molecule has 0 aromatic heterocycles. The minimum atomic E-state index is 0.136. The van der Waals surface area contributed by atoms with E-state index in [2.05, 4.69) is 11.9 Å². The lowest BCUT2D eigenvalue weighted by atomic mass is 9.91. The first-order valence-electron chi connectivity index (χ1n) is 6.71. The van der Waals surface area contributed by atoms with E-state index in [1.165, 1.54) is 0 Å². The number of ether oxygens (including phenoxy) is 2. The van der Waals surface area contributed by atoms with Crippen LogP contribution in [0.3, 0.4) is 0 Å². The first-order chi connectivity index (χ1) is 9.16. The fraction of sp³-hybridized carbons (Fsp3) is 0.571. The van der Waals surface area contributed by atoms with Crippen LogP contribution in [0.4, 0.5) is 0 Å². The van der Waals surface area contributed by atoms with Gasteiger partial charge >= 0.3 is 0 Å². The van der Waals surface area contributed by atoms with Gasteiger partial charge in [-0.2, -0.15) is 0 Å². The predicted octanol–water partition coefficient (Wildman–Crippen LogP) is 2.21. The molecule has 0 saturated carbocycles. The summed E-state index contributed by atoms with van der Waals surface area (Å²) in [5.74, 6) is 1.39. The Balaban J connectivity index is 1.98. The second kappa shape index (κ2) is 5.19. The standard InChI is InChI=1S/C14H19ClN2O2/c1-17-4-2-3-11(16)13(17)9-7-10(15)14-12(8-9)18-5-6-19-14/h7-8,11,13H,2-6,16H2,1H3. The van der Waals surface area contributed by atoms with Crippen molar-refractivity contribution in [2.24, 2.45) is 5.73 Å². The largest absolute Gasteiger partial charge is 0.486 e. The van der Waals surface area contributed by atoms with Gasteiger partial charge in [0.05, 0.1) is 5.02 Å². The maximum Gasteiger partial charge on any atom is 0.179 e. The lowest BCUT2D eigenvalue weighted by molar-refractivity contribution is 0.157. The van der Waals surface area contributed by atoms with E-state index in [4.69, 9.17) is 26.8 Å². The third-order valence-corrected chi connectivity index (χ3v) is 4.17. The molecule has 2 unspecified atom stereocenters. The van der Waals surface area contributed by atoms with Gasteiger partial charge in [-0.1, -0.05) is 11.6 Å². The summed E-state index contributed by atoms with van der Waals surface area (Å²) in [7, 11) is 2.11. The van der Waals surface area contributed by atoms with Crippen molar-refractivity contribution in [1.29, 1.82) is 0 Å². The molecule has 3 rings (SSSR count). The van der Waals surface area contributed by atoms with Gasteiger partial charge < -0.3 is 15.2 Å². The van der Waals surface area contributed by atoms with Gasteiger partial charge in [0.15, 0.2) is 11.5 Å². The Morgan fingerprint density at radius 2 is 2.11 bits per heavy atom. The van der Waals surface area contributed by atoms with E-state index in [0.717, 1.165) is 30.7 Å². The van der Waals surface area contributed by atoms with Crippen LogP contribution in [0, 0.1) is 0 Å². The number of halogens is 1. The number of nitrogens with zero attached hydrogens (tertiary/aromatic N) is 1. The van der Waals surface area contributed by atoms with Crippen molar-refractivity contribution in [2.75, 3.05) is 26.8 Å². The van der Waals surface area contributed by atoms with Crippen LogP contribution in [0.5, 0.6) is 11.5 Å². The van der Waals surface area contributed by atoms with E-state index in [1.54, 1.807) is 0 Å². The zero-order chi connectivity index (χ0) is 13.4. The van der Waals surface area contributed by atoms with E-state index in [-0.39, 0.29) is 12.1 Å². The highest BCUT2D eigenvalue weighted by atomic mass is 35.5. The lowest BCUT2D eigenvalue weighted by Gasteiger charge is -2.38. The number of hydrogen-bond acceptors (Lipinski definition) is 4. The Labute approximate surface area is 118 Å². The average molecular weight is 283 g/mol. The number of fused-ring (bicyclic) bond motifs is 1. The van der Waals surface area contributed by atoms with Gasteiger partial charge in [0.2, 0.25) is 0 Å². The Morgan fingerprint density at radius 3 is 2.89 bits per heavy atom. The number of benzene rings is 1. The molecule has 1 fully saturated rings. The third kappa shape index (κ3) is 2.40. The molecule has 0 spiro atoms. The zero-order valence-electron chi connectivity index (χ0n) is 11.1. The van der Waals surface area contributed by atoms with Crippen LogP contribution in [-0.4, -0.2) is 37.7 Å². The maximum absolute atomic E-state index is 6.30. The number of rotatable bonds is 1. The number of likely N-dealkylation sites (N-methyl/N-ethyl adjacent to an activating group) is 1. The molecule has 0 bridgehead atoms. The molecule has 4 nitrogen and oxygen atoms in total. The molecule has 2 N–H and O–H groups in total. The van der Waals surface area contributed by atoms with Crippen molar-refractivity contribution in [3.8, 4) is 11.5 Å². The van der Waals surface area contributed by atoms with Gasteiger partial charge in [-0.25, -0.2) is 0 Å². The van der Waals surface area contributed by atoms with Crippen LogP contribution in [0.15, 0.2) is 12.1 Å². The van der Waals surface area contributed by atoms with Gasteiger partial charge in [-0.15, -0.1) is 0 Å². The molecule has 0 radical (unpaired) electrons. The van der Waals surface area contributed by atoms with Crippen LogP contribution < -0.4 is 15.2 Å². The quantitative estimate of drug-likeness (QED) is 0.858. The van der Waals surface area contributed by atoms with Crippen LogP contribution >= 0.6 is 11.6 Å². The molecular formula is C14H19ClN2O2. The van der Waals surface area contributed by atoms with Crippen LogP contribution in [-0.2, 0) is 0 Å². The highest BCUT2D eigenvalue weighted by molar-refractivity contribution is 6.32. The molecule has 104 valence electrons. The summed E-state index contributed by atoms with van der Waals surface area (Å²) in [6.45, 7) is 2.18. The van der Waals surface area contributed by atoms with Gasteiger partial charge in [-0.3, -0.25) is 4.90 Å². The van der Waals surface area contributed by atoms with E-state index < -0.39 is 0 Å². The summed E-state index contributed by atoms with van der Waals surface area (Å²) in [5.41, 5.74) is 7.39. The van der Waals surface area contributed by atoms with Gasteiger partial charge in [0.25, 0.3) is 0 Å². The SMILES string of the molecule is CN1CCCC(N)C1c1cc(Cl)c2c(c1)OCCO2. The Bertz CT molecular complexity index is 471. The van der Waals surface area contributed by atoms with Crippen molar-refractivity contribution >= 4 is 11.6 Å². The number of piperidine rings is 1. The zero-order valence-corrected chi connectivity index (χ0v) is 11.8. The van der Waals surface area contributed by atoms with Crippen LogP contribution in [0.25, 0.3) is 0 Å². The predicted molar refractivity (Wildman–Crippen MR) is 75.0 cm³/mol. The van der Waals surface area contributed by atoms with Crippen LogP contribution in [0.1, 0.15) is 24.4 Å². The number of hydrogen-bond donors (Lipinski definition) is 1. The van der Waals surface area contributed by atoms with Crippen molar-refractivity contribution in [3.63, 3.8) is 0 Å². The van der Waals surface area contributed by atoms with Gasteiger partial charge in [0.1, 0.15) is 13.2 Å². The number of likely N-dealkylation sites (tertiary alicyclic amines) is 1. The summed E-state index contributed by atoms with van der Waals surface area (Å²) >= 11 is 6.30. The summed E-state index contributed by atoms with van der Waals surface area (Å²) in [6, 6.07) is 4.31. The minimum absolute atomic E-state index is 0.136. The molecule has 2 atom stereocenters. The summed E-state index contributed by atoms with van der Waals surface area (Å²) in [6.07, 6.45) is 2.19. The van der Waals surface area contributed by atoms with Crippen molar-refractivity contribution < 1.29 is 9.47 Å². The molecule has 5 heteroatoms. The molecule has 2 aliphatic heterocycles. The Morgan fingerprint density at radius 1 is 1.32 bits per heavy atom. The van der Waals surface area contributed by atoms with E-state index in [9.17, 15) is 0 Å². The smallest absolute Gasteiger partial charge is 0.179 e. The Hall–Kier alpha value is -0.970. The molecule has 1 aromatic carbocycles. The molecule has 2 heterocycles. The monoisotopic (exact) mass is 282 g/mol. The van der Waals surface area contributed by atoms with Crippen LogP contribution in [0.2, 0.25) is 5.02 Å². The molecular weight excluding hydrogens is 264 g/mol. The Kier molecular flexibility index (Phi) is 3.56. The van der Waals surface area contributed by atoms with Crippen molar-refractivity contribution in [2.45, 2.75) is 24.9 Å². The molecule has 1 saturated heterocycles. The first kappa shape index (κ1) is 13.0. The summed E-state index contributed by atoms with van der Waals surface area (Å²) in [5, 5.41) is 0.610. The molecule has 19 heavy (non-hydrogen) atoms. The first-order valence-corrected chi connectivity index (χ1v) is 7.09. The lowest BCUT2D eigenvalue weighted by Crippen LogP contribution is -2.43. The van der Waals surface area contributed by atoms with E-state index in [0.29, 0.717) is 24.0 Å². The summed E-state index contributed by atoms with van der Waals surface area (Å²) < 4.78 is 11.2. The molecule has 0 amide bonds. The third-order valence-electron chi connectivity index (χ3n) is 3.89. The van der Waals surface area contributed by atoms with Gasteiger partial charge in [0, 0.05) is 12.1 Å². The van der Waals surface area contributed by atoms with Crippen molar-refractivity contribution in [1.82, 2.24) is 4.90 Å². The molecule has 0 aliphatic carbocycles. The normalized spacial score (nSPS) is 27.3. The summed E-state index contributed by atoms with van der Waals surface area (Å²) in [4.78, 5) is 2.29. The van der Waals surface area contributed by atoms with E-state index in [1.807, 2.05) is 12.1 Å². The minimum Gasteiger partial charge on any atom is -0.486 e. The second-order valence-corrected chi connectivity index (χ2v) is 5.67. The van der Waals surface area contributed by atoms with Crippen molar-refractivity contribution in [3.05, 3.63) is 22.7 Å². The van der Waals surface area contributed by atoms with Gasteiger partial charge in [-0.05, 0) is 44.1 Å². The second-order valence-electron chi connectivity index (χ2n) is 5.26. The topological polar surface area (TPSA) is 47.7 Å². The highest BCUT2D eigenvalue weighted by Gasteiger charge is 2.30. The van der Waals surface area contributed by atoms with E-state index >= 15 is 0 Å². The number of nitrogens with two attached hydrogens (primary N) is 1. The maximum atomic E-state index is 6.30. The fourth-order valence-corrected chi connectivity index (χ4v) is 3.28. The highest BCUT2D eigenvalue weighted by Crippen LogP contribution is 2.41. The fourth-order valence-electron chi connectivity index (χ4n) is 3.00. The average Bonchev–Trinajstić information content (AvgIpc) is 2.38. The molecule has 2 aliphatic rings. The molecule has 1 aromatic rings.